The van der Waals surface area contributed by atoms with Gasteiger partial charge in [-0.3, -0.25) is 0 Å². The second-order valence-electron chi connectivity index (χ2n) is 4.62. The van der Waals surface area contributed by atoms with E-state index in [1.54, 1.807) is 39.8 Å². The quantitative estimate of drug-likeness (QED) is 0.515. The minimum atomic E-state index is -0.323. The summed E-state index contributed by atoms with van der Waals surface area (Å²) in [6, 6.07) is 0. The van der Waals surface area contributed by atoms with Gasteiger partial charge in [0.05, 0.1) is 9.75 Å². The molecule has 0 amide bonds. The van der Waals surface area contributed by atoms with Crippen molar-refractivity contribution in [3.63, 3.8) is 0 Å². The number of allylic oxidation sites excluding steroid dienone is 2. The van der Waals surface area contributed by atoms with Crippen LogP contribution in [0, 0.1) is 0 Å². The van der Waals surface area contributed by atoms with E-state index < -0.39 is 0 Å². The molecule has 0 fully saturated rings. The standard InChI is InChI=1S/C16H18F2S.2C2H6/c1-7-11-12(8-2)16(14(18)10(5)6)19-15(11)13(17)9(3)4;2*1-2/h7-8H,1-2H2,3-6H3;2*1-2H3. The predicted octanol–water partition coefficient (Wildman–Crippen LogP) is 8.53. The van der Waals surface area contributed by atoms with E-state index in [0.29, 0.717) is 32.0 Å². The Morgan fingerprint density at radius 3 is 1.17 bits per heavy atom. The van der Waals surface area contributed by atoms with Crippen LogP contribution in [0.5, 0.6) is 0 Å². The molecule has 1 heterocycles. The van der Waals surface area contributed by atoms with Gasteiger partial charge < -0.3 is 0 Å². The molecule has 0 N–H and O–H groups in total. The van der Waals surface area contributed by atoms with Gasteiger partial charge in [-0.25, -0.2) is 8.78 Å². The first kappa shape index (κ1) is 23.8. The molecule has 0 aliphatic rings. The molecule has 0 atom stereocenters. The van der Waals surface area contributed by atoms with Gasteiger partial charge >= 0.3 is 0 Å². The molecule has 0 nitrogen and oxygen atoms in total. The molecule has 0 spiro atoms. The van der Waals surface area contributed by atoms with Crippen molar-refractivity contribution in [1.29, 1.82) is 0 Å². The zero-order chi connectivity index (χ0) is 18.7. The number of thiophene rings is 1. The first-order valence-corrected chi connectivity index (χ1v) is 8.75. The fraction of sp³-hybridized carbons (Fsp3) is 0.400. The van der Waals surface area contributed by atoms with E-state index in [2.05, 4.69) is 13.2 Å². The third-order valence-electron chi connectivity index (χ3n) is 2.67. The van der Waals surface area contributed by atoms with Gasteiger partial charge in [0.15, 0.2) is 0 Å². The number of hydrogen-bond acceptors (Lipinski definition) is 1. The smallest absolute Gasteiger partial charge is 0.139 e. The van der Waals surface area contributed by atoms with Gasteiger partial charge in [0.2, 0.25) is 0 Å². The molecule has 0 unspecified atom stereocenters. The second-order valence-corrected chi connectivity index (χ2v) is 5.64. The second kappa shape index (κ2) is 12.0. The lowest BCUT2D eigenvalue weighted by molar-refractivity contribution is 0.753. The van der Waals surface area contributed by atoms with Gasteiger partial charge in [-0.2, -0.15) is 0 Å². The molecular formula is C20H30F2S. The molecule has 1 rings (SSSR count). The van der Waals surface area contributed by atoms with Crippen LogP contribution in [0.3, 0.4) is 0 Å². The van der Waals surface area contributed by atoms with Gasteiger partial charge in [0.1, 0.15) is 11.7 Å². The molecule has 130 valence electrons. The van der Waals surface area contributed by atoms with Crippen molar-refractivity contribution >= 4 is 35.1 Å². The lowest BCUT2D eigenvalue weighted by Crippen LogP contribution is -1.83. The SMILES string of the molecule is C=Cc1c(C(F)=C(C)C)sc(C(F)=C(C)C)c1C=C.CC.CC. The van der Waals surface area contributed by atoms with Crippen LogP contribution in [0.25, 0.3) is 23.8 Å². The lowest BCUT2D eigenvalue weighted by Gasteiger charge is -2.00. The molecule has 1 aromatic heterocycles. The van der Waals surface area contributed by atoms with Gasteiger partial charge in [-0.15, -0.1) is 11.3 Å². The molecule has 0 saturated carbocycles. The molecule has 3 heteroatoms. The summed E-state index contributed by atoms with van der Waals surface area (Å²) in [6.07, 6.45) is 3.10. The maximum Gasteiger partial charge on any atom is 0.139 e. The highest BCUT2D eigenvalue weighted by molar-refractivity contribution is 7.14. The predicted molar refractivity (Wildman–Crippen MR) is 106 cm³/mol. The number of halogens is 2. The third kappa shape index (κ3) is 5.91. The Morgan fingerprint density at radius 1 is 0.739 bits per heavy atom. The Bertz CT molecular complexity index is 529. The summed E-state index contributed by atoms with van der Waals surface area (Å²) in [5.74, 6) is -0.647. The van der Waals surface area contributed by atoms with E-state index in [9.17, 15) is 8.78 Å². The molecule has 0 aromatic carbocycles. The first-order chi connectivity index (χ1) is 10.8. The van der Waals surface area contributed by atoms with Gasteiger partial charge in [-0.1, -0.05) is 53.0 Å². The topological polar surface area (TPSA) is 0 Å². The highest BCUT2D eigenvalue weighted by atomic mass is 32.1. The maximum absolute atomic E-state index is 14.2. The van der Waals surface area contributed by atoms with Crippen LogP contribution in [0.2, 0.25) is 0 Å². The number of hydrogen-bond donors (Lipinski definition) is 0. The summed E-state index contributed by atoms with van der Waals surface area (Å²) in [6.45, 7) is 22.1. The molecule has 0 bridgehead atoms. The van der Waals surface area contributed by atoms with Crippen LogP contribution in [0.4, 0.5) is 8.78 Å². The molecular weight excluding hydrogens is 310 g/mol. The summed E-state index contributed by atoms with van der Waals surface area (Å²) in [5.41, 5.74) is 2.32. The first-order valence-electron chi connectivity index (χ1n) is 7.93. The van der Waals surface area contributed by atoms with E-state index in [4.69, 9.17) is 0 Å². The normalized spacial score (nSPS) is 8.78. The Labute approximate surface area is 144 Å². The maximum atomic E-state index is 14.2. The lowest BCUT2D eigenvalue weighted by atomic mass is 10.1. The van der Waals surface area contributed by atoms with E-state index in [0.717, 1.165) is 11.3 Å². The van der Waals surface area contributed by atoms with Crippen molar-refractivity contribution in [2.75, 3.05) is 0 Å². The van der Waals surface area contributed by atoms with Crippen molar-refractivity contribution in [1.82, 2.24) is 0 Å². The van der Waals surface area contributed by atoms with Gasteiger partial charge in [-0.05, 0) is 38.8 Å². The Morgan fingerprint density at radius 2 is 1.00 bits per heavy atom. The summed E-state index contributed by atoms with van der Waals surface area (Å²) in [5, 5.41) is 0. The van der Waals surface area contributed by atoms with E-state index in [-0.39, 0.29) is 11.7 Å². The van der Waals surface area contributed by atoms with Crippen molar-refractivity contribution in [2.24, 2.45) is 0 Å². The highest BCUT2D eigenvalue weighted by Crippen LogP contribution is 2.41. The minimum absolute atomic E-state index is 0.323. The van der Waals surface area contributed by atoms with Crippen LogP contribution >= 0.6 is 11.3 Å². The highest BCUT2D eigenvalue weighted by Gasteiger charge is 2.20. The minimum Gasteiger partial charge on any atom is -0.205 e. The molecule has 1 aromatic rings. The van der Waals surface area contributed by atoms with Crippen molar-refractivity contribution < 1.29 is 8.78 Å². The fourth-order valence-corrected chi connectivity index (χ4v) is 3.04. The molecule has 0 aliphatic carbocycles. The Kier molecular flexibility index (Phi) is 12.4. The average Bonchev–Trinajstić information content (AvgIpc) is 2.94. The molecule has 0 aliphatic heterocycles. The summed E-state index contributed by atoms with van der Waals surface area (Å²) >= 11 is 1.10. The van der Waals surface area contributed by atoms with Crippen LogP contribution in [0.15, 0.2) is 24.3 Å². The van der Waals surface area contributed by atoms with Gasteiger partial charge in [0, 0.05) is 11.1 Å². The van der Waals surface area contributed by atoms with Crippen LogP contribution in [-0.4, -0.2) is 0 Å². The van der Waals surface area contributed by atoms with Crippen molar-refractivity contribution in [3.8, 4) is 0 Å². The van der Waals surface area contributed by atoms with E-state index in [1.165, 1.54) is 0 Å². The molecule has 0 radical (unpaired) electrons. The van der Waals surface area contributed by atoms with Crippen LogP contribution in [-0.2, 0) is 0 Å². The molecule has 23 heavy (non-hydrogen) atoms. The fourth-order valence-electron chi connectivity index (χ4n) is 1.64. The van der Waals surface area contributed by atoms with E-state index in [1.807, 2.05) is 27.7 Å². The zero-order valence-corrected chi connectivity index (χ0v) is 16.5. The summed E-state index contributed by atoms with van der Waals surface area (Å²) in [4.78, 5) is 0.826. The Hall–Kier alpha value is -1.48. The Balaban J connectivity index is 0. The third-order valence-corrected chi connectivity index (χ3v) is 3.87. The van der Waals surface area contributed by atoms with Gasteiger partial charge in [0.25, 0.3) is 0 Å². The van der Waals surface area contributed by atoms with E-state index >= 15 is 0 Å². The van der Waals surface area contributed by atoms with Crippen LogP contribution < -0.4 is 0 Å². The summed E-state index contributed by atoms with van der Waals surface area (Å²) < 4.78 is 28.3. The zero-order valence-electron chi connectivity index (χ0n) is 15.7. The average molecular weight is 341 g/mol. The monoisotopic (exact) mass is 340 g/mol. The largest absolute Gasteiger partial charge is 0.205 e. The van der Waals surface area contributed by atoms with Crippen LogP contribution in [0.1, 0.15) is 76.3 Å². The molecule has 0 saturated heterocycles. The van der Waals surface area contributed by atoms with Crippen molar-refractivity contribution in [2.45, 2.75) is 55.4 Å². The summed E-state index contributed by atoms with van der Waals surface area (Å²) in [7, 11) is 0. The van der Waals surface area contributed by atoms with Crippen molar-refractivity contribution in [3.05, 3.63) is 45.2 Å². The number of rotatable bonds is 4.